The van der Waals surface area contributed by atoms with Crippen molar-refractivity contribution in [1.82, 2.24) is 24.9 Å². The molecule has 0 aromatic carbocycles. The maximum Gasteiger partial charge on any atom is 0.165 e. The molecule has 0 saturated carbocycles. The van der Waals surface area contributed by atoms with Crippen molar-refractivity contribution in [1.29, 1.82) is 0 Å². The lowest BCUT2D eigenvalue weighted by molar-refractivity contribution is 0.101. The van der Waals surface area contributed by atoms with E-state index in [2.05, 4.69) is 41.4 Å². The molecular formula is C23H30N6O. The monoisotopic (exact) mass is 406 g/mol. The van der Waals surface area contributed by atoms with Crippen LogP contribution in [0.5, 0.6) is 0 Å². The summed E-state index contributed by atoms with van der Waals surface area (Å²) in [6, 6.07) is 4.47. The normalized spacial score (nSPS) is 17.5. The van der Waals surface area contributed by atoms with Crippen molar-refractivity contribution in [2.75, 3.05) is 12.3 Å². The maximum absolute atomic E-state index is 12.4. The molecular weight excluding hydrogens is 376 g/mol. The Balaban J connectivity index is 1.78. The lowest BCUT2D eigenvalue weighted by Gasteiger charge is -2.17. The van der Waals surface area contributed by atoms with Gasteiger partial charge in [0.15, 0.2) is 11.4 Å². The molecule has 3 aromatic rings. The Hall–Kier alpha value is -2.80. The summed E-state index contributed by atoms with van der Waals surface area (Å²) in [5, 5.41) is 7.91. The van der Waals surface area contributed by atoms with Gasteiger partial charge in [-0.3, -0.25) is 9.78 Å². The highest BCUT2D eigenvalue weighted by molar-refractivity contribution is 6.00. The molecule has 7 heteroatoms. The predicted molar refractivity (Wildman–Crippen MR) is 119 cm³/mol. The summed E-state index contributed by atoms with van der Waals surface area (Å²) in [4.78, 5) is 22.0. The van der Waals surface area contributed by atoms with Gasteiger partial charge in [0.25, 0.3) is 0 Å². The summed E-state index contributed by atoms with van der Waals surface area (Å²) >= 11 is 0. The van der Waals surface area contributed by atoms with Crippen LogP contribution in [0.15, 0.2) is 24.5 Å². The third-order valence-corrected chi connectivity index (χ3v) is 6.03. The fourth-order valence-corrected chi connectivity index (χ4v) is 4.31. The number of nitrogens with two attached hydrogens (primary N) is 1. The zero-order chi connectivity index (χ0) is 21.3. The van der Waals surface area contributed by atoms with Crippen LogP contribution in [0, 0.1) is 0 Å². The second-order valence-electron chi connectivity index (χ2n) is 8.27. The molecule has 1 saturated heterocycles. The number of fused-ring (bicyclic) bond motifs is 1. The Morgan fingerprint density at radius 3 is 2.83 bits per heavy atom. The number of hydrogen-bond acceptors (Lipinski definition) is 6. The van der Waals surface area contributed by atoms with Crippen LogP contribution >= 0.6 is 0 Å². The summed E-state index contributed by atoms with van der Waals surface area (Å²) in [5.74, 6) is 0.428. The third-order valence-electron chi connectivity index (χ3n) is 6.03. The van der Waals surface area contributed by atoms with E-state index < -0.39 is 0 Å². The fraction of sp³-hybridized carbons (Fsp3) is 0.478. The van der Waals surface area contributed by atoms with E-state index in [9.17, 15) is 4.79 Å². The van der Waals surface area contributed by atoms with Crippen molar-refractivity contribution in [2.45, 2.75) is 64.8 Å². The molecule has 0 aliphatic carbocycles. The van der Waals surface area contributed by atoms with Gasteiger partial charge in [-0.1, -0.05) is 32.8 Å². The molecule has 4 heterocycles. The minimum atomic E-state index is -0.0765. The SMILES string of the molecule is CCCCC(C)c1nc2c(-c3ccc(C4CCCN4)nc3)cnn2c(N)c1C(C)=O. The first-order valence-electron chi connectivity index (χ1n) is 10.9. The zero-order valence-electron chi connectivity index (χ0n) is 18.0. The number of nitrogen functional groups attached to an aromatic ring is 1. The van der Waals surface area contributed by atoms with Gasteiger partial charge in [-0.15, -0.1) is 0 Å². The largest absolute Gasteiger partial charge is 0.383 e. The first kappa shape index (κ1) is 20.5. The molecule has 158 valence electrons. The number of carbonyl (C=O) groups excluding carboxylic acids is 1. The van der Waals surface area contributed by atoms with Crippen LogP contribution < -0.4 is 11.1 Å². The third kappa shape index (κ3) is 3.69. The first-order chi connectivity index (χ1) is 14.5. The highest BCUT2D eigenvalue weighted by atomic mass is 16.1. The summed E-state index contributed by atoms with van der Waals surface area (Å²) in [6.45, 7) is 6.86. The Labute approximate surface area is 177 Å². The second-order valence-corrected chi connectivity index (χ2v) is 8.27. The molecule has 0 bridgehead atoms. The van der Waals surface area contributed by atoms with Crippen LogP contribution in [-0.4, -0.2) is 31.9 Å². The summed E-state index contributed by atoms with van der Waals surface area (Å²) in [6.07, 6.45) is 9.09. The number of pyridine rings is 1. The molecule has 30 heavy (non-hydrogen) atoms. The Kier molecular flexibility index (Phi) is 5.81. The fourth-order valence-electron chi connectivity index (χ4n) is 4.31. The maximum atomic E-state index is 12.4. The molecule has 1 fully saturated rings. The van der Waals surface area contributed by atoms with Crippen LogP contribution in [0.25, 0.3) is 16.8 Å². The highest BCUT2D eigenvalue weighted by Crippen LogP contribution is 2.32. The van der Waals surface area contributed by atoms with Crippen molar-refractivity contribution >= 4 is 17.2 Å². The first-order valence-corrected chi connectivity index (χ1v) is 10.9. The quantitative estimate of drug-likeness (QED) is 0.568. The van der Waals surface area contributed by atoms with Gasteiger partial charge < -0.3 is 11.1 Å². The van der Waals surface area contributed by atoms with Gasteiger partial charge in [0.05, 0.1) is 23.1 Å². The standard InChI is InChI=1S/C23H30N6O/c1-4-5-7-14(2)21-20(15(3)30)22(24)29-23(28-21)17(13-27-29)16-9-10-19(26-12-16)18-8-6-11-25-18/h9-10,12-14,18,25H,4-8,11,24H2,1-3H3. The molecule has 1 aliphatic rings. The molecule has 2 atom stereocenters. The van der Waals surface area contributed by atoms with Gasteiger partial charge in [0.1, 0.15) is 5.82 Å². The van der Waals surface area contributed by atoms with Crippen LogP contribution in [0.3, 0.4) is 0 Å². The summed E-state index contributed by atoms with van der Waals surface area (Å²) < 4.78 is 1.58. The van der Waals surface area contributed by atoms with Gasteiger partial charge in [-0.05, 0) is 44.7 Å². The molecule has 7 nitrogen and oxygen atoms in total. The number of anilines is 1. The van der Waals surface area contributed by atoms with E-state index in [1.165, 1.54) is 6.42 Å². The average Bonchev–Trinajstić information content (AvgIpc) is 3.42. The highest BCUT2D eigenvalue weighted by Gasteiger charge is 2.24. The van der Waals surface area contributed by atoms with Gasteiger partial charge in [-0.2, -0.15) is 9.61 Å². The van der Waals surface area contributed by atoms with Crippen molar-refractivity contribution in [3.63, 3.8) is 0 Å². The van der Waals surface area contributed by atoms with Crippen molar-refractivity contribution in [2.24, 2.45) is 0 Å². The van der Waals surface area contributed by atoms with E-state index >= 15 is 0 Å². The number of Topliss-reactive ketones (excluding diaryl/α,β-unsaturated/α-hetero) is 1. The summed E-state index contributed by atoms with van der Waals surface area (Å²) in [7, 11) is 0. The smallest absolute Gasteiger partial charge is 0.165 e. The van der Waals surface area contributed by atoms with Gasteiger partial charge in [0, 0.05) is 23.4 Å². The van der Waals surface area contributed by atoms with Crippen molar-refractivity contribution in [3.05, 3.63) is 41.5 Å². The molecule has 1 aliphatic heterocycles. The number of ketones is 1. The van der Waals surface area contributed by atoms with Crippen LogP contribution in [0.4, 0.5) is 5.82 Å². The molecule has 3 N–H and O–H groups in total. The number of carbonyl (C=O) groups is 1. The van der Waals surface area contributed by atoms with E-state index in [-0.39, 0.29) is 11.7 Å². The van der Waals surface area contributed by atoms with Crippen LogP contribution in [-0.2, 0) is 0 Å². The molecule has 0 amide bonds. The zero-order valence-corrected chi connectivity index (χ0v) is 18.0. The molecule has 0 spiro atoms. The summed E-state index contributed by atoms with van der Waals surface area (Å²) in [5.41, 5.74) is 11.2. The van der Waals surface area contributed by atoms with E-state index in [0.717, 1.165) is 54.7 Å². The Morgan fingerprint density at radius 1 is 1.37 bits per heavy atom. The van der Waals surface area contributed by atoms with E-state index in [0.29, 0.717) is 23.1 Å². The van der Waals surface area contributed by atoms with Crippen molar-refractivity contribution in [3.8, 4) is 11.1 Å². The topological polar surface area (TPSA) is 98.2 Å². The lowest BCUT2D eigenvalue weighted by atomic mass is 9.95. The molecule has 0 radical (unpaired) electrons. The Bertz CT molecular complexity index is 1050. The number of nitrogens with zero attached hydrogens (tertiary/aromatic N) is 4. The molecule has 3 aromatic heterocycles. The van der Waals surface area contributed by atoms with Gasteiger partial charge in [0.2, 0.25) is 0 Å². The molecule has 2 unspecified atom stereocenters. The van der Waals surface area contributed by atoms with E-state index in [4.69, 9.17) is 10.7 Å². The molecule has 4 rings (SSSR count). The number of nitrogens with one attached hydrogen (secondary N) is 1. The van der Waals surface area contributed by atoms with Crippen molar-refractivity contribution < 1.29 is 4.79 Å². The number of rotatable bonds is 7. The second kappa shape index (κ2) is 8.52. The van der Waals surface area contributed by atoms with Crippen LogP contribution in [0.1, 0.15) is 86.6 Å². The van der Waals surface area contributed by atoms with Gasteiger partial charge in [-0.25, -0.2) is 4.98 Å². The lowest BCUT2D eigenvalue weighted by Crippen LogP contribution is -2.15. The number of aromatic nitrogens is 4. The predicted octanol–water partition coefficient (Wildman–Crippen LogP) is 4.29. The minimum Gasteiger partial charge on any atom is -0.383 e. The number of hydrogen-bond donors (Lipinski definition) is 2. The van der Waals surface area contributed by atoms with E-state index in [1.54, 1.807) is 17.6 Å². The van der Waals surface area contributed by atoms with Gasteiger partial charge >= 0.3 is 0 Å². The minimum absolute atomic E-state index is 0.0765. The van der Waals surface area contributed by atoms with E-state index in [1.807, 2.05) is 6.20 Å². The van der Waals surface area contributed by atoms with Crippen LogP contribution in [0.2, 0.25) is 0 Å². The Morgan fingerprint density at radius 2 is 2.20 bits per heavy atom. The number of unbranched alkanes of at least 4 members (excludes halogenated alkanes) is 1. The average molecular weight is 407 g/mol.